The van der Waals surface area contributed by atoms with E-state index in [-0.39, 0.29) is 4.90 Å². The fraction of sp³-hybridized carbons (Fsp3) is 0.571. The maximum absolute atomic E-state index is 12.2. The van der Waals surface area contributed by atoms with Crippen LogP contribution in [0.4, 0.5) is 0 Å². The highest BCUT2D eigenvalue weighted by Gasteiger charge is 2.18. The molecule has 1 aromatic carbocycles. The first kappa shape index (κ1) is 16.4. The number of nitrogens with one attached hydrogen (secondary N) is 1. The first-order valence-electron chi connectivity index (χ1n) is 6.98. The third-order valence-corrected chi connectivity index (χ3v) is 5.24. The summed E-state index contributed by atoms with van der Waals surface area (Å²) in [5.74, 6) is 2.04. The minimum atomic E-state index is -3.52. The summed E-state index contributed by atoms with van der Waals surface area (Å²) in [5, 5.41) is 0. The Morgan fingerprint density at radius 2 is 2.00 bits per heavy atom. The van der Waals surface area contributed by atoms with Crippen molar-refractivity contribution < 1.29 is 17.9 Å². The van der Waals surface area contributed by atoms with Crippen LogP contribution in [0.15, 0.2) is 23.1 Å². The molecule has 118 valence electrons. The SMILES string of the molecule is CC(CCl)CCCNS(=O)(=O)c1ccc2c(c1)OCCO2. The fourth-order valence-electron chi connectivity index (χ4n) is 2.01. The molecule has 1 atom stereocenters. The molecule has 0 spiro atoms. The molecule has 1 unspecified atom stereocenters. The Morgan fingerprint density at radius 1 is 1.29 bits per heavy atom. The number of sulfonamides is 1. The van der Waals surface area contributed by atoms with Gasteiger partial charge in [-0.3, -0.25) is 0 Å². The normalized spacial score (nSPS) is 15.7. The zero-order valence-corrected chi connectivity index (χ0v) is 13.5. The minimum Gasteiger partial charge on any atom is -0.486 e. The van der Waals surface area contributed by atoms with Crippen LogP contribution in [0.3, 0.4) is 0 Å². The molecule has 5 nitrogen and oxygen atoms in total. The number of hydrogen-bond acceptors (Lipinski definition) is 4. The van der Waals surface area contributed by atoms with Gasteiger partial charge in [0.05, 0.1) is 4.90 Å². The number of ether oxygens (including phenoxy) is 2. The summed E-state index contributed by atoms with van der Waals surface area (Å²) in [6.45, 7) is 3.36. The van der Waals surface area contributed by atoms with Gasteiger partial charge in [0.1, 0.15) is 13.2 Å². The molecule has 0 amide bonds. The van der Waals surface area contributed by atoms with Crippen molar-refractivity contribution in [2.24, 2.45) is 5.92 Å². The molecule has 21 heavy (non-hydrogen) atoms. The summed E-state index contributed by atoms with van der Waals surface area (Å²) < 4.78 is 37.8. The molecule has 7 heteroatoms. The van der Waals surface area contributed by atoms with E-state index in [0.717, 1.165) is 12.8 Å². The predicted molar refractivity (Wildman–Crippen MR) is 81.7 cm³/mol. The number of halogens is 1. The summed E-state index contributed by atoms with van der Waals surface area (Å²) in [7, 11) is -3.52. The lowest BCUT2D eigenvalue weighted by atomic mass is 10.1. The fourth-order valence-corrected chi connectivity index (χ4v) is 3.25. The van der Waals surface area contributed by atoms with Gasteiger partial charge >= 0.3 is 0 Å². The third kappa shape index (κ3) is 4.49. The van der Waals surface area contributed by atoms with Gasteiger partial charge in [-0.05, 0) is 30.9 Å². The zero-order valence-electron chi connectivity index (χ0n) is 12.0. The Morgan fingerprint density at radius 3 is 2.71 bits per heavy atom. The molecule has 0 saturated carbocycles. The topological polar surface area (TPSA) is 64.6 Å². The summed E-state index contributed by atoms with van der Waals surface area (Å²) in [5.41, 5.74) is 0. The van der Waals surface area contributed by atoms with E-state index in [1.165, 1.54) is 12.1 Å². The van der Waals surface area contributed by atoms with Crippen LogP contribution < -0.4 is 14.2 Å². The van der Waals surface area contributed by atoms with Crippen molar-refractivity contribution in [1.82, 2.24) is 4.72 Å². The summed E-state index contributed by atoms with van der Waals surface area (Å²) in [6, 6.07) is 4.65. The van der Waals surface area contributed by atoms with Crippen LogP contribution >= 0.6 is 11.6 Å². The van der Waals surface area contributed by atoms with Crippen LogP contribution in [0.2, 0.25) is 0 Å². The van der Waals surface area contributed by atoms with Crippen molar-refractivity contribution in [1.29, 1.82) is 0 Å². The highest BCUT2D eigenvalue weighted by Crippen LogP contribution is 2.32. The van der Waals surface area contributed by atoms with Gasteiger partial charge in [-0.1, -0.05) is 6.92 Å². The lowest BCUT2D eigenvalue weighted by molar-refractivity contribution is 0.171. The van der Waals surface area contributed by atoms with Gasteiger partial charge in [0.2, 0.25) is 10.0 Å². The zero-order chi connectivity index (χ0) is 15.3. The van der Waals surface area contributed by atoms with Crippen LogP contribution in [-0.4, -0.2) is 34.1 Å². The maximum atomic E-state index is 12.2. The molecule has 2 rings (SSSR count). The summed E-state index contributed by atoms with van der Waals surface area (Å²) >= 11 is 5.72. The molecule has 1 N–H and O–H groups in total. The first-order valence-corrected chi connectivity index (χ1v) is 9.00. The van der Waals surface area contributed by atoms with Crippen LogP contribution in [0.5, 0.6) is 11.5 Å². The van der Waals surface area contributed by atoms with E-state index in [2.05, 4.69) is 4.72 Å². The molecule has 1 aliphatic heterocycles. The Balaban J connectivity index is 1.96. The Bertz CT molecular complexity index is 576. The molecule has 0 radical (unpaired) electrons. The van der Waals surface area contributed by atoms with Gasteiger partial charge in [0.15, 0.2) is 11.5 Å². The van der Waals surface area contributed by atoms with Crippen LogP contribution in [0.25, 0.3) is 0 Å². The van der Waals surface area contributed by atoms with E-state index in [9.17, 15) is 8.42 Å². The Labute approximate surface area is 130 Å². The van der Waals surface area contributed by atoms with Crippen molar-refractivity contribution in [3.05, 3.63) is 18.2 Å². The van der Waals surface area contributed by atoms with Crippen molar-refractivity contribution >= 4 is 21.6 Å². The predicted octanol–water partition coefficient (Wildman–Crippen LogP) is 2.39. The minimum absolute atomic E-state index is 0.192. The van der Waals surface area contributed by atoms with E-state index < -0.39 is 10.0 Å². The lowest BCUT2D eigenvalue weighted by Crippen LogP contribution is -2.25. The van der Waals surface area contributed by atoms with E-state index in [0.29, 0.717) is 43.1 Å². The van der Waals surface area contributed by atoms with Crippen LogP contribution in [0, 0.1) is 5.92 Å². The Kier molecular flexibility index (Phi) is 5.72. The molecule has 1 aliphatic rings. The quantitative estimate of drug-likeness (QED) is 0.614. The largest absolute Gasteiger partial charge is 0.486 e. The monoisotopic (exact) mass is 333 g/mol. The number of hydrogen-bond donors (Lipinski definition) is 1. The van der Waals surface area contributed by atoms with Gasteiger partial charge in [0.25, 0.3) is 0 Å². The number of rotatable bonds is 7. The molecule has 1 aromatic rings. The summed E-state index contributed by atoms with van der Waals surface area (Å²) in [6.07, 6.45) is 1.66. The van der Waals surface area contributed by atoms with Crippen molar-refractivity contribution in [2.75, 3.05) is 25.6 Å². The standard InChI is InChI=1S/C14H20ClNO4S/c1-11(10-15)3-2-6-16-21(17,18)12-4-5-13-14(9-12)20-8-7-19-13/h4-5,9,11,16H,2-3,6-8,10H2,1H3. The molecule has 0 fully saturated rings. The van der Waals surface area contributed by atoms with Gasteiger partial charge in [0, 0.05) is 18.5 Å². The lowest BCUT2D eigenvalue weighted by Gasteiger charge is -2.19. The second kappa shape index (κ2) is 7.33. The van der Waals surface area contributed by atoms with Crippen molar-refractivity contribution in [3.63, 3.8) is 0 Å². The number of fused-ring (bicyclic) bond motifs is 1. The number of benzene rings is 1. The molecule has 0 aromatic heterocycles. The van der Waals surface area contributed by atoms with Gasteiger partial charge in [-0.25, -0.2) is 13.1 Å². The highest BCUT2D eigenvalue weighted by atomic mass is 35.5. The second-order valence-electron chi connectivity index (χ2n) is 5.10. The van der Waals surface area contributed by atoms with E-state index >= 15 is 0 Å². The maximum Gasteiger partial charge on any atom is 0.240 e. The summed E-state index contributed by atoms with van der Waals surface area (Å²) in [4.78, 5) is 0.192. The molecular weight excluding hydrogens is 314 g/mol. The second-order valence-corrected chi connectivity index (χ2v) is 7.18. The van der Waals surface area contributed by atoms with Crippen LogP contribution in [-0.2, 0) is 10.0 Å². The van der Waals surface area contributed by atoms with E-state index in [1.807, 2.05) is 6.92 Å². The Hall–Kier alpha value is -0.980. The average molecular weight is 334 g/mol. The molecule has 0 aliphatic carbocycles. The molecule has 0 saturated heterocycles. The van der Waals surface area contributed by atoms with Gasteiger partial charge in [-0.15, -0.1) is 11.6 Å². The third-order valence-electron chi connectivity index (χ3n) is 3.25. The van der Waals surface area contributed by atoms with E-state index in [1.54, 1.807) is 6.07 Å². The van der Waals surface area contributed by atoms with E-state index in [4.69, 9.17) is 21.1 Å². The van der Waals surface area contributed by atoms with Crippen LogP contribution in [0.1, 0.15) is 19.8 Å². The van der Waals surface area contributed by atoms with Gasteiger partial charge < -0.3 is 9.47 Å². The van der Waals surface area contributed by atoms with Gasteiger partial charge in [-0.2, -0.15) is 0 Å². The average Bonchev–Trinajstić information content (AvgIpc) is 2.50. The number of alkyl halides is 1. The van der Waals surface area contributed by atoms with Crippen molar-refractivity contribution in [2.45, 2.75) is 24.7 Å². The smallest absolute Gasteiger partial charge is 0.240 e. The first-order chi connectivity index (χ1) is 10.0. The van der Waals surface area contributed by atoms with Crippen molar-refractivity contribution in [3.8, 4) is 11.5 Å². The molecule has 0 bridgehead atoms. The highest BCUT2D eigenvalue weighted by molar-refractivity contribution is 7.89. The molecule has 1 heterocycles. The molecular formula is C14H20ClNO4S.